The fraction of sp³-hybridized carbons (Fsp3) is 0.269. The number of nitrogens with two attached hydrogens (primary N) is 1. The lowest BCUT2D eigenvalue weighted by molar-refractivity contribution is -0.137. The zero-order valence-corrected chi connectivity index (χ0v) is 19.2. The maximum absolute atomic E-state index is 12.8. The Morgan fingerprint density at radius 3 is 2.15 bits per heavy atom. The minimum Gasteiger partial charge on any atom is -0.465 e. The Hall–Kier alpha value is -3.70. The molecular formula is C26H24F3N3O2. The first-order chi connectivity index (χ1) is 16.0. The Morgan fingerprint density at radius 2 is 1.62 bits per heavy atom. The Labute approximate surface area is 196 Å². The second kappa shape index (κ2) is 10.1. The number of rotatable bonds is 4. The molecule has 0 bridgehead atoms. The van der Waals surface area contributed by atoms with Crippen molar-refractivity contribution in [2.45, 2.75) is 38.9 Å². The van der Waals surface area contributed by atoms with Crippen LogP contribution in [0.3, 0.4) is 0 Å². The highest BCUT2D eigenvalue weighted by Gasteiger charge is 2.29. The maximum atomic E-state index is 12.8. The van der Waals surface area contributed by atoms with Crippen molar-refractivity contribution in [1.82, 2.24) is 9.97 Å². The van der Waals surface area contributed by atoms with Crippen LogP contribution in [0.4, 0.5) is 13.2 Å². The first-order valence-electron chi connectivity index (χ1n) is 10.5. The molecule has 8 heteroatoms. The van der Waals surface area contributed by atoms with Gasteiger partial charge in [0.1, 0.15) is 5.82 Å². The van der Waals surface area contributed by atoms with E-state index in [2.05, 4.69) is 21.8 Å². The average molecular weight is 467 g/mol. The monoisotopic (exact) mass is 467 g/mol. The predicted octanol–water partition coefficient (Wildman–Crippen LogP) is 5.16. The molecule has 1 atom stereocenters. The van der Waals surface area contributed by atoms with Gasteiger partial charge in [-0.1, -0.05) is 37.8 Å². The molecule has 0 radical (unpaired) electrons. The highest BCUT2D eigenvalue weighted by molar-refractivity contribution is 5.89. The van der Waals surface area contributed by atoms with E-state index >= 15 is 0 Å². The summed E-state index contributed by atoms with van der Waals surface area (Å²) in [6.45, 7) is 5.71. The summed E-state index contributed by atoms with van der Waals surface area (Å²) in [7, 11) is 1.31. The Balaban J connectivity index is 2.04. The number of hydrogen-bond donors (Lipinski definition) is 1. The van der Waals surface area contributed by atoms with E-state index in [4.69, 9.17) is 10.5 Å². The van der Waals surface area contributed by atoms with Crippen molar-refractivity contribution in [3.05, 3.63) is 93.6 Å². The maximum Gasteiger partial charge on any atom is 0.416 e. The third kappa shape index (κ3) is 5.61. The van der Waals surface area contributed by atoms with Crippen LogP contribution in [0.25, 0.3) is 0 Å². The number of hydrogen-bond acceptors (Lipinski definition) is 5. The van der Waals surface area contributed by atoms with Crippen LogP contribution in [0.15, 0.2) is 48.5 Å². The third-order valence-electron chi connectivity index (χ3n) is 5.18. The van der Waals surface area contributed by atoms with Crippen molar-refractivity contribution in [2.75, 3.05) is 7.11 Å². The van der Waals surface area contributed by atoms with Gasteiger partial charge in [0.2, 0.25) is 0 Å². The number of benzene rings is 2. The summed E-state index contributed by atoms with van der Waals surface area (Å²) in [6.07, 6.45) is -4.41. The van der Waals surface area contributed by atoms with Crippen LogP contribution in [0.5, 0.6) is 0 Å². The molecule has 2 aromatic carbocycles. The molecule has 1 aromatic heterocycles. The summed E-state index contributed by atoms with van der Waals surface area (Å²) in [5, 5.41) is 0. The van der Waals surface area contributed by atoms with Crippen molar-refractivity contribution in [3.8, 4) is 11.8 Å². The Bertz CT molecular complexity index is 1240. The molecule has 0 amide bonds. The predicted molar refractivity (Wildman–Crippen MR) is 122 cm³/mol. The summed E-state index contributed by atoms with van der Waals surface area (Å²) in [5.41, 5.74) is 8.96. The largest absolute Gasteiger partial charge is 0.465 e. The number of nitrogens with zero attached hydrogens (tertiary/aromatic N) is 2. The molecule has 0 aliphatic heterocycles. The van der Waals surface area contributed by atoms with E-state index in [0.717, 1.165) is 12.1 Å². The molecule has 0 aliphatic rings. The first-order valence-corrected chi connectivity index (χ1v) is 10.5. The minimum atomic E-state index is -4.41. The van der Waals surface area contributed by atoms with Crippen LogP contribution in [-0.2, 0) is 10.9 Å². The number of ether oxygens (including phenoxy) is 1. The van der Waals surface area contributed by atoms with Gasteiger partial charge in [0.05, 0.1) is 41.2 Å². The fourth-order valence-electron chi connectivity index (χ4n) is 3.23. The summed E-state index contributed by atoms with van der Waals surface area (Å²) >= 11 is 0. The SMILES string of the molecule is COC(=O)c1ccc(C(N)c2nc(C(C)C)nc(C)c2C#Cc2ccc(C(F)(F)F)cc2)cc1. The smallest absolute Gasteiger partial charge is 0.416 e. The lowest BCUT2D eigenvalue weighted by Crippen LogP contribution is -2.19. The Morgan fingerprint density at radius 1 is 1.00 bits per heavy atom. The molecule has 0 fully saturated rings. The van der Waals surface area contributed by atoms with Crippen molar-refractivity contribution < 1.29 is 22.7 Å². The molecule has 5 nitrogen and oxygen atoms in total. The van der Waals surface area contributed by atoms with E-state index < -0.39 is 23.8 Å². The van der Waals surface area contributed by atoms with Gasteiger partial charge in [0, 0.05) is 11.5 Å². The number of methoxy groups -OCH3 is 1. The quantitative estimate of drug-likeness (QED) is 0.424. The van der Waals surface area contributed by atoms with E-state index in [1.54, 1.807) is 31.2 Å². The van der Waals surface area contributed by atoms with Crippen LogP contribution < -0.4 is 5.73 Å². The van der Waals surface area contributed by atoms with Crippen LogP contribution in [-0.4, -0.2) is 23.0 Å². The molecule has 1 heterocycles. The molecule has 0 saturated carbocycles. The number of halogens is 3. The Kier molecular flexibility index (Phi) is 7.38. The number of alkyl halides is 3. The van der Waals surface area contributed by atoms with E-state index in [0.29, 0.717) is 39.5 Å². The van der Waals surface area contributed by atoms with Gasteiger partial charge < -0.3 is 10.5 Å². The molecule has 176 valence electrons. The number of carbonyl (C=O) groups is 1. The van der Waals surface area contributed by atoms with Gasteiger partial charge >= 0.3 is 12.1 Å². The van der Waals surface area contributed by atoms with Gasteiger partial charge in [0.25, 0.3) is 0 Å². The third-order valence-corrected chi connectivity index (χ3v) is 5.18. The van der Waals surface area contributed by atoms with Gasteiger partial charge in [-0.3, -0.25) is 0 Å². The normalized spacial score (nSPS) is 12.1. The summed E-state index contributed by atoms with van der Waals surface area (Å²) in [5.74, 6) is 6.09. The van der Waals surface area contributed by atoms with Crippen molar-refractivity contribution in [2.24, 2.45) is 5.73 Å². The summed E-state index contributed by atoms with van der Waals surface area (Å²) in [4.78, 5) is 20.9. The van der Waals surface area contributed by atoms with Crippen LogP contribution in [0, 0.1) is 18.8 Å². The topological polar surface area (TPSA) is 78.1 Å². The molecule has 34 heavy (non-hydrogen) atoms. The average Bonchev–Trinajstić information content (AvgIpc) is 2.81. The van der Waals surface area contributed by atoms with E-state index in [1.807, 2.05) is 13.8 Å². The second-order valence-corrected chi connectivity index (χ2v) is 8.00. The number of aryl methyl sites for hydroxylation is 1. The van der Waals surface area contributed by atoms with Crippen molar-refractivity contribution in [3.63, 3.8) is 0 Å². The van der Waals surface area contributed by atoms with Crippen molar-refractivity contribution in [1.29, 1.82) is 0 Å². The van der Waals surface area contributed by atoms with Gasteiger partial charge in [0.15, 0.2) is 0 Å². The first kappa shape index (κ1) is 24.9. The number of aromatic nitrogens is 2. The van der Waals surface area contributed by atoms with Gasteiger partial charge in [-0.25, -0.2) is 14.8 Å². The molecule has 0 saturated heterocycles. The molecule has 0 aliphatic carbocycles. The number of esters is 1. The molecule has 2 N–H and O–H groups in total. The second-order valence-electron chi connectivity index (χ2n) is 8.00. The summed E-state index contributed by atoms with van der Waals surface area (Å²) in [6, 6.07) is 10.6. The van der Waals surface area contributed by atoms with E-state index in [1.165, 1.54) is 19.2 Å². The lowest BCUT2D eigenvalue weighted by Gasteiger charge is -2.17. The van der Waals surface area contributed by atoms with Crippen LogP contribution in [0.1, 0.15) is 75.6 Å². The van der Waals surface area contributed by atoms with Crippen molar-refractivity contribution >= 4 is 5.97 Å². The van der Waals surface area contributed by atoms with Crippen LogP contribution in [0.2, 0.25) is 0 Å². The molecule has 1 unspecified atom stereocenters. The zero-order chi connectivity index (χ0) is 25.0. The molecule has 3 aromatic rings. The minimum absolute atomic E-state index is 0.0447. The van der Waals surface area contributed by atoms with Gasteiger partial charge in [-0.15, -0.1) is 0 Å². The zero-order valence-electron chi connectivity index (χ0n) is 19.2. The number of carbonyl (C=O) groups excluding carboxylic acids is 1. The van der Waals surface area contributed by atoms with E-state index in [-0.39, 0.29) is 5.92 Å². The molecular weight excluding hydrogens is 443 g/mol. The van der Waals surface area contributed by atoms with Gasteiger partial charge in [-0.05, 0) is 48.9 Å². The lowest BCUT2D eigenvalue weighted by atomic mass is 9.97. The highest BCUT2D eigenvalue weighted by Crippen LogP contribution is 2.29. The van der Waals surface area contributed by atoms with E-state index in [9.17, 15) is 18.0 Å². The van der Waals surface area contributed by atoms with Gasteiger partial charge in [-0.2, -0.15) is 13.2 Å². The molecule has 3 rings (SSSR count). The highest BCUT2D eigenvalue weighted by atomic mass is 19.4. The van der Waals surface area contributed by atoms with Crippen LogP contribution >= 0.6 is 0 Å². The standard InChI is InChI=1S/C26H24F3N3O2/c1-15(2)24-31-16(3)21(14-7-17-5-12-20(13-6-17)26(27,28)29)23(32-24)22(30)18-8-10-19(11-9-18)25(33)34-4/h5-6,8-13,15,22H,30H2,1-4H3. The summed E-state index contributed by atoms with van der Waals surface area (Å²) < 4.78 is 43.2. The fourth-order valence-corrected chi connectivity index (χ4v) is 3.23. The molecule has 0 spiro atoms.